The molecule has 0 spiro atoms. The summed E-state index contributed by atoms with van der Waals surface area (Å²) in [5.74, 6) is 0.661. The van der Waals surface area contributed by atoms with E-state index in [1.165, 1.54) is 0 Å². The Morgan fingerprint density at radius 3 is 2.29 bits per heavy atom. The predicted octanol–water partition coefficient (Wildman–Crippen LogP) is 5.60. The Bertz CT molecular complexity index is 1130. The summed E-state index contributed by atoms with van der Waals surface area (Å²) in [6.45, 7) is 1.62. The maximum Gasteiger partial charge on any atom is 0.251 e. The summed E-state index contributed by atoms with van der Waals surface area (Å²) in [5, 5.41) is 16.0. The summed E-state index contributed by atoms with van der Waals surface area (Å²) in [4.78, 5) is 26.1. The number of nitroso groups, excluding NO2 is 1. The average molecular weight is 493 g/mol. The van der Waals surface area contributed by atoms with Crippen LogP contribution in [0.4, 0.5) is 5.69 Å². The van der Waals surface area contributed by atoms with Crippen molar-refractivity contribution in [3.05, 3.63) is 63.5 Å². The Morgan fingerprint density at radius 2 is 1.71 bits per heavy atom. The second-order valence-electron chi connectivity index (χ2n) is 10.1. The summed E-state index contributed by atoms with van der Waals surface area (Å²) >= 11 is 6.18. The third-order valence-corrected chi connectivity index (χ3v) is 8.37. The van der Waals surface area contributed by atoms with Crippen molar-refractivity contribution in [2.75, 3.05) is 18.0 Å². The van der Waals surface area contributed by atoms with E-state index in [2.05, 4.69) is 21.5 Å². The molecule has 0 unspecified atom stereocenters. The van der Waals surface area contributed by atoms with Gasteiger partial charge in [-0.25, -0.2) is 0 Å². The summed E-state index contributed by atoms with van der Waals surface area (Å²) < 4.78 is 6.40. The third kappa shape index (κ3) is 4.85. The van der Waals surface area contributed by atoms with Crippen molar-refractivity contribution >= 4 is 23.2 Å². The predicted molar refractivity (Wildman–Crippen MR) is 135 cm³/mol. The van der Waals surface area contributed by atoms with Crippen LogP contribution in [0.2, 0.25) is 5.02 Å². The van der Waals surface area contributed by atoms with Crippen LogP contribution in [-0.4, -0.2) is 36.2 Å². The number of carbonyl (C=O) groups excluding carboxylic acids is 1. The van der Waals surface area contributed by atoms with E-state index < -0.39 is 0 Å². The van der Waals surface area contributed by atoms with Crippen molar-refractivity contribution in [2.24, 2.45) is 5.18 Å². The summed E-state index contributed by atoms with van der Waals surface area (Å²) in [6, 6.07) is 15.0. The Hall–Kier alpha value is -3.11. The highest BCUT2D eigenvalue weighted by molar-refractivity contribution is 6.31. The molecule has 1 amide bonds. The minimum atomic E-state index is -0.238. The van der Waals surface area contributed by atoms with E-state index >= 15 is 0 Å². The van der Waals surface area contributed by atoms with Gasteiger partial charge in [-0.05, 0) is 87.8 Å². The first-order valence-corrected chi connectivity index (χ1v) is 12.7. The molecule has 0 aromatic heterocycles. The number of benzene rings is 2. The van der Waals surface area contributed by atoms with E-state index in [0.717, 1.165) is 70.1 Å². The fraction of sp³-hybridized carbons (Fsp3) is 0.481. The Morgan fingerprint density at radius 1 is 1.06 bits per heavy atom. The van der Waals surface area contributed by atoms with Gasteiger partial charge in [-0.15, -0.1) is 0 Å². The Kier molecular flexibility index (Phi) is 6.41. The van der Waals surface area contributed by atoms with Crippen LogP contribution in [0.15, 0.2) is 47.6 Å². The quantitative estimate of drug-likeness (QED) is 0.529. The average Bonchev–Trinajstić information content (AvgIpc) is 2.90. The Labute approximate surface area is 210 Å². The maximum atomic E-state index is 13.1. The highest BCUT2D eigenvalue weighted by atomic mass is 35.5. The second kappa shape index (κ2) is 9.50. The molecule has 8 heteroatoms. The van der Waals surface area contributed by atoms with E-state index in [9.17, 15) is 9.70 Å². The number of nitriles is 1. The highest BCUT2D eigenvalue weighted by Gasteiger charge is 2.50. The first-order chi connectivity index (χ1) is 16.9. The third-order valence-electron chi connectivity index (χ3n) is 8.06. The lowest BCUT2D eigenvalue weighted by molar-refractivity contribution is -0.0507. The van der Waals surface area contributed by atoms with E-state index in [4.69, 9.17) is 21.6 Å². The van der Waals surface area contributed by atoms with Crippen LogP contribution in [-0.2, 0) is 0 Å². The zero-order valence-corrected chi connectivity index (χ0v) is 20.4. The van der Waals surface area contributed by atoms with Gasteiger partial charge in [0.15, 0.2) is 0 Å². The molecule has 35 heavy (non-hydrogen) atoms. The van der Waals surface area contributed by atoms with Crippen LogP contribution in [0.1, 0.15) is 67.3 Å². The van der Waals surface area contributed by atoms with Crippen LogP contribution in [0.5, 0.6) is 5.75 Å². The molecule has 2 aromatic carbocycles. The topological polar surface area (TPSA) is 94.8 Å². The molecule has 4 aliphatic rings. The van der Waals surface area contributed by atoms with Crippen molar-refractivity contribution in [3.8, 4) is 11.8 Å². The SMILES string of the molecule is N#Cc1ccc(OC23CCC(NC(=O)c4ccc(N5CCC(N=O)CC5)cc4)(CC2)CC3)cc1Cl. The molecule has 182 valence electrons. The van der Waals surface area contributed by atoms with Gasteiger partial charge in [0.2, 0.25) is 0 Å². The number of ether oxygens (including phenoxy) is 1. The molecule has 2 aromatic rings. The largest absolute Gasteiger partial charge is 0.487 e. The van der Waals surface area contributed by atoms with Crippen molar-refractivity contribution in [3.63, 3.8) is 0 Å². The normalized spacial score (nSPS) is 26.1. The van der Waals surface area contributed by atoms with Gasteiger partial charge in [0, 0.05) is 35.9 Å². The second-order valence-corrected chi connectivity index (χ2v) is 10.6. The van der Waals surface area contributed by atoms with E-state index in [1.54, 1.807) is 12.1 Å². The number of halogens is 1. The smallest absolute Gasteiger partial charge is 0.251 e. The zero-order chi connectivity index (χ0) is 24.5. The molecular weight excluding hydrogens is 464 g/mol. The Balaban J connectivity index is 1.18. The fourth-order valence-corrected chi connectivity index (χ4v) is 5.97. The van der Waals surface area contributed by atoms with Crippen molar-refractivity contribution < 1.29 is 9.53 Å². The summed E-state index contributed by atoms with van der Waals surface area (Å²) in [6.07, 6.45) is 6.79. The minimum Gasteiger partial charge on any atom is -0.487 e. The zero-order valence-electron chi connectivity index (χ0n) is 19.6. The molecule has 1 N–H and O–H groups in total. The number of amides is 1. The van der Waals surface area contributed by atoms with Gasteiger partial charge in [-0.1, -0.05) is 16.8 Å². The lowest BCUT2D eigenvalue weighted by Crippen LogP contribution is -2.60. The molecule has 6 rings (SSSR count). The fourth-order valence-electron chi connectivity index (χ4n) is 5.76. The van der Waals surface area contributed by atoms with E-state index in [1.807, 2.05) is 30.3 Å². The molecule has 1 heterocycles. The van der Waals surface area contributed by atoms with Crippen molar-refractivity contribution in [1.29, 1.82) is 5.26 Å². The lowest BCUT2D eigenvalue weighted by Gasteiger charge is -2.53. The standard InChI is InChI=1S/C27H29ClN4O3/c28-24-17-23(6-3-20(24)18-29)35-27-12-9-26(10-13-27,11-14-27)30-25(33)19-1-4-22(5-2-19)32-15-7-21(31-34)8-16-32/h1-6,17,21H,7-16H2,(H,30,33). The van der Waals surface area contributed by atoms with Crippen LogP contribution >= 0.6 is 11.6 Å². The van der Waals surface area contributed by atoms with Gasteiger partial charge in [-0.3, -0.25) is 4.79 Å². The first-order valence-electron chi connectivity index (χ1n) is 12.3. The number of nitrogens with one attached hydrogen (secondary N) is 1. The van der Waals surface area contributed by atoms with Crippen molar-refractivity contribution in [2.45, 2.75) is 68.5 Å². The van der Waals surface area contributed by atoms with Crippen molar-refractivity contribution in [1.82, 2.24) is 5.32 Å². The number of carbonyl (C=O) groups is 1. The number of piperidine rings is 1. The molecule has 2 bridgehead atoms. The first kappa shape index (κ1) is 23.6. The molecule has 7 nitrogen and oxygen atoms in total. The van der Waals surface area contributed by atoms with Gasteiger partial charge in [0.1, 0.15) is 17.4 Å². The number of anilines is 1. The molecule has 4 fully saturated rings. The van der Waals surface area contributed by atoms with Crippen LogP contribution in [0.25, 0.3) is 0 Å². The summed E-state index contributed by atoms with van der Waals surface area (Å²) in [7, 11) is 0. The molecular formula is C27H29ClN4O3. The van der Waals surface area contributed by atoms with Gasteiger partial charge >= 0.3 is 0 Å². The number of hydrogen-bond acceptors (Lipinski definition) is 6. The molecule has 0 atom stereocenters. The number of fused-ring (bicyclic) bond motifs is 3. The summed E-state index contributed by atoms with van der Waals surface area (Å²) in [5.41, 5.74) is 1.76. The number of nitrogens with zero attached hydrogens (tertiary/aromatic N) is 3. The van der Waals surface area contributed by atoms with Gasteiger partial charge in [0.05, 0.1) is 16.6 Å². The lowest BCUT2D eigenvalue weighted by atomic mass is 9.63. The minimum absolute atomic E-state index is 0.0328. The molecule has 3 saturated carbocycles. The maximum absolute atomic E-state index is 13.1. The van der Waals surface area contributed by atoms with Gasteiger partial charge < -0.3 is 15.0 Å². The number of rotatable bonds is 6. The van der Waals surface area contributed by atoms with Crippen LogP contribution in [0.3, 0.4) is 0 Å². The van der Waals surface area contributed by atoms with Gasteiger partial charge in [-0.2, -0.15) is 10.2 Å². The monoisotopic (exact) mass is 492 g/mol. The van der Waals surface area contributed by atoms with E-state index in [-0.39, 0.29) is 23.1 Å². The van der Waals surface area contributed by atoms with Crippen LogP contribution in [0, 0.1) is 16.2 Å². The molecule has 3 aliphatic carbocycles. The van der Waals surface area contributed by atoms with Gasteiger partial charge in [0.25, 0.3) is 5.91 Å². The number of hydrogen-bond donors (Lipinski definition) is 1. The molecule has 1 aliphatic heterocycles. The molecule has 1 saturated heterocycles. The van der Waals surface area contributed by atoms with Crippen LogP contribution < -0.4 is 15.0 Å². The molecule has 0 radical (unpaired) electrons. The highest BCUT2D eigenvalue weighted by Crippen LogP contribution is 2.49. The van der Waals surface area contributed by atoms with E-state index in [0.29, 0.717) is 21.9 Å².